The SMILES string of the molecule is COCC(=O)Nc1ccc(N(C)C)c(CN(C(=O)C(C)(C)C)[C@H](C)c2ccccc2)c1. The molecule has 0 spiro atoms. The van der Waals surface area contributed by atoms with Crippen LogP contribution in [0.2, 0.25) is 0 Å². The van der Waals surface area contributed by atoms with Crippen LogP contribution in [-0.2, 0) is 20.9 Å². The Hall–Kier alpha value is -2.86. The van der Waals surface area contributed by atoms with Crippen molar-refractivity contribution in [3.63, 3.8) is 0 Å². The predicted molar refractivity (Wildman–Crippen MR) is 126 cm³/mol. The molecule has 2 aromatic carbocycles. The first-order chi connectivity index (χ1) is 14.5. The van der Waals surface area contributed by atoms with Crippen molar-refractivity contribution in [3.8, 4) is 0 Å². The third-order valence-electron chi connectivity index (χ3n) is 5.11. The summed E-state index contributed by atoms with van der Waals surface area (Å²) in [5.74, 6) is -0.145. The highest BCUT2D eigenvalue weighted by molar-refractivity contribution is 5.92. The number of rotatable bonds is 8. The van der Waals surface area contributed by atoms with E-state index in [0.717, 1.165) is 16.8 Å². The van der Waals surface area contributed by atoms with Crippen LogP contribution in [0.25, 0.3) is 0 Å². The molecule has 0 aliphatic rings. The number of nitrogens with zero attached hydrogens (tertiary/aromatic N) is 2. The summed E-state index contributed by atoms with van der Waals surface area (Å²) in [6.07, 6.45) is 0. The molecule has 2 amide bonds. The van der Waals surface area contributed by atoms with Gasteiger partial charge in [0.2, 0.25) is 11.8 Å². The van der Waals surface area contributed by atoms with Crippen molar-refractivity contribution in [2.24, 2.45) is 5.41 Å². The van der Waals surface area contributed by atoms with Crippen LogP contribution in [0.3, 0.4) is 0 Å². The van der Waals surface area contributed by atoms with Gasteiger partial charge in [0.15, 0.2) is 0 Å². The molecule has 0 saturated heterocycles. The van der Waals surface area contributed by atoms with Crippen LogP contribution in [0.5, 0.6) is 0 Å². The summed E-state index contributed by atoms with van der Waals surface area (Å²) in [6, 6.07) is 15.7. The Balaban J connectivity index is 2.46. The average Bonchev–Trinajstić information content (AvgIpc) is 2.71. The van der Waals surface area contributed by atoms with E-state index in [2.05, 4.69) is 12.2 Å². The minimum atomic E-state index is -0.522. The zero-order valence-corrected chi connectivity index (χ0v) is 19.7. The van der Waals surface area contributed by atoms with Crippen LogP contribution in [0, 0.1) is 5.41 Å². The number of ether oxygens (including phenoxy) is 1. The van der Waals surface area contributed by atoms with E-state index in [-0.39, 0.29) is 24.5 Å². The lowest BCUT2D eigenvalue weighted by Crippen LogP contribution is -2.40. The van der Waals surface area contributed by atoms with Crippen LogP contribution in [0.4, 0.5) is 11.4 Å². The zero-order chi connectivity index (χ0) is 23.2. The number of carbonyl (C=O) groups is 2. The van der Waals surface area contributed by atoms with Gasteiger partial charge in [-0.2, -0.15) is 0 Å². The number of nitrogens with one attached hydrogen (secondary N) is 1. The smallest absolute Gasteiger partial charge is 0.250 e. The van der Waals surface area contributed by atoms with Crippen LogP contribution in [0.15, 0.2) is 48.5 Å². The summed E-state index contributed by atoms with van der Waals surface area (Å²) in [5, 5.41) is 2.86. The Morgan fingerprint density at radius 1 is 1.06 bits per heavy atom. The predicted octanol–water partition coefficient (Wildman–Crippen LogP) is 4.47. The van der Waals surface area contributed by atoms with Gasteiger partial charge in [0.25, 0.3) is 0 Å². The van der Waals surface area contributed by atoms with Crippen LogP contribution < -0.4 is 10.2 Å². The first-order valence-corrected chi connectivity index (χ1v) is 10.5. The summed E-state index contributed by atoms with van der Waals surface area (Å²) in [5.41, 5.74) is 3.19. The number of benzene rings is 2. The highest BCUT2D eigenvalue weighted by atomic mass is 16.5. The van der Waals surface area contributed by atoms with Gasteiger partial charge >= 0.3 is 0 Å². The number of methoxy groups -OCH3 is 1. The van der Waals surface area contributed by atoms with E-state index in [0.29, 0.717) is 12.2 Å². The summed E-state index contributed by atoms with van der Waals surface area (Å²) in [7, 11) is 5.43. The molecule has 2 rings (SSSR count). The number of anilines is 2. The topological polar surface area (TPSA) is 61.9 Å². The molecule has 0 radical (unpaired) electrons. The Kier molecular flexibility index (Phi) is 8.22. The Bertz CT molecular complexity index is 889. The molecular formula is C25H35N3O3. The fourth-order valence-electron chi connectivity index (χ4n) is 3.46. The minimum Gasteiger partial charge on any atom is -0.377 e. The fraction of sp³-hybridized carbons (Fsp3) is 0.440. The van der Waals surface area contributed by atoms with Crippen molar-refractivity contribution in [1.82, 2.24) is 4.90 Å². The van der Waals surface area contributed by atoms with Crippen molar-refractivity contribution in [3.05, 3.63) is 59.7 Å². The molecule has 0 saturated carbocycles. The van der Waals surface area contributed by atoms with Gasteiger partial charge in [0.1, 0.15) is 6.61 Å². The normalized spacial score (nSPS) is 12.2. The van der Waals surface area contributed by atoms with E-state index >= 15 is 0 Å². The van der Waals surface area contributed by atoms with Crippen LogP contribution >= 0.6 is 0 Å². The van der Waals surface area contributed by atoms with Gasteiger partial charge in [-0.15, -0.1) is 0 Å². The third kappa shape index (κ3) is 6.56. The quantitative estimate of drug-likeness (QED) is 0.678. The summed E-state index contributed by atoms with van der Waals surface area (Å²) in [4.78, 5) is 29.4. The van der Waals surface area contributed by atoms with Gasteiger partial charge < -0.3 is 19.9 Å². The zero-order valence-electron chi connectivity index (χ0n) is 19.7. The molecule has 0 heterocycles. The van der Waals surface area contributed by atoms with E-state index < -0.39 is 5.41 Å². The molecule has 0 aliphatic carbocycles. The molecule has 0 bridgehead atoms. The number of amides is 2. The maximum absolute atomic E-state index is 13.4. The summed E-state index contributed by atoms with van der Waals surface area (Å²) in [6.45, 7) is 8.29. The van der Waals surface area contributed by atoms with Gasteiger partial charge in [-0.05, 0) is 36.2 Å². The molecule has 0 unspecified atom stereocenters. The standard InChI is InChI=1S/C25H35N3O3/c1-18(19-11-9-8-10-12-19)28(24(30)25(2,3)4)16-20-15-21(26-23(29)17-31-7)13-14-22(20)27(5)6/h8-15,18H,16-17H2,1-7H3,(H,26,29)/t18-/m1/s1. The van der Waals surface area contributed by atoms with Crippen molar-refractivity contribution in [2.75, 3.05) is 38.0 Å². The first-order valence-electron chi connectivity index (χ1n) is 10.5. The second kappa shape index (κ2) is 10.4. The molecule has 168 valence electrons. The maximum atomic E-state index is 13.4. The number of hydrogen-bond donors (Lipinski definition) is 1. The van der Waals surface area contributed by atoms with E-state index in [1.165, 1.54) is 7.11 Å². The van der Waals surface area contributed by atoms with Crippen LogP contribution in [-0.4, -0.2) is 44.5 Å². The molecule has 1 N–H and O–H groups in total. The van der Waals surface area contributed by atoms with Crippen molar-refractivity contribution in [1.29, 1.82) is 0 Å². The summed E-state index contributed by atoms with van der Waals surface area (Å²) >= 11 is 0. The molecule has 0 aromatic heterocycles. The Morgan fingerprint density at radius 3 is 2.26 bits per heavy atom. The lowest BCUT2D eigenvalue weighted by molar-refractivity contribution is -0.142. The minimum absolute atomic E-state index is 0.00948. The number of hydrogen-bond acceptors (Lipinski definition) is 4. The molecule has 6 nitrogen and oxygen atoms in total. The average molecular weight is 426 g/mol. The second-order valence-electron chi connectivity index (χ2n) is 8.99. The van der Waals surface area contributed by atoms with Gasteiger partial charge in [0, 0.05) is 44.5 Å². The molecule has 1 atom stereocenters. The molecule has 2 aromatic rings. The van der Waals surface area contributed by atoms with E-state index in [1.807, 2.05) is 93.2 Å². The largest absolute Gasteiger partial charge is 0.377 e. The van der Waals surface area contributed by atoms with Gasteiger partial charge in [-0.3, -0.25) is 9.59 Å². The third-order valence-corrected chi connectivity index (χ3v) is 5.11. The fourth-order valence-corrected chi connectivity index (χ4v) is 3.46. The monoisotopic (exact) mass is 425 g/mol. The highest BCUT2D eigenvalue weighted by Gasteiger charge is 2.31. The summed E-state index contributed by atoms with van der Waals surface area (Å²) < 4.78 is 4.91. The molecule has 6 heteroatoms. The van der Waals surface area contributed by atoms with E-state index in [1.54, 1.807) is 0 Å². The van der Waals surface area contributed by atoms with Crippen LogP contribution in [0.1, 0.15) is 44.9 Å². The lowest BCUT2D eigenvalue weighted by atomic mass is 9.92. The number of carbonyl (C=O) groups excluding carboxylic acids is 2. The lowest BCUT2D eigenvalue weighted by Gasteiger charge is -2.35. The highest BCUT2D eigenvalue weighted by Crippen LogP contribution is 2.32. The first kappa shape index (κ1) is 24.4. The molecule has 0 aliphatic heterocycles. The van der Waals surface area contributed by atoms with Gasteiger partial charge in [-0.1, -0.05) is 51.1 Å². The van der Waals surface area contributed by atoms with Gasteiger partial charge in [-0.25, -0.2) is 0 Å². The van der Waals surface area contributed by atoms with Crippen molar-refractivity contribution in [2.45, 2.75) is 40.3 Å². The van der Waals surface area contributed by atoms with Gasteiger partial charge in [0.05, 0.1) is 6.04 Å². The Morgan fingerprint density at radius 2 is 1.71 bits per heavy atom. The van der Waals surface area contributed by atoms with Crippen molar-refractivity contribution < 1.29 is 14.3 Å². The molecule has 0 fully saturated rings. The maximum Gasteiger partial charge on any atom is 0.250 e. The van der Waals surface area contributed by atoms with E-state index in [9.17, 15) is 9.59 Å². The second-order valence-corrected chi connectivity index (χ2v) is 8.99. The Labute approximate surface area is 186 Å². The van der Waals surface area contributed by atoms with E-state index in [4.69, 9.17) is 4.74 Å². The molecule has 31 heavy (non-hydrogen) atoms. The van der Waals surface area contributed by atoms with Crippen molar-refractivity contribution >= 4 is 23.2 Å². The molecular weight excluding hydrogens is 390 g/mol.